The van der Waals surface area contributed by atoms with Crippen LogP contribution in [0.5, 0.6) is 0 Å². The molecule has 0 unspecified atom stereocenters. The summed E-state index contributed by atoms with van der Waals surface area (Å²) < 4.78 is 0. The molecule has 0 saturated carbocycles. The number of amides is 2. The van der Waals surface area contributed by atoms with Crippen LogP contribution in [0.25, 0.3) is 0 Å². The number of rotatable bonds is 7. The molecule has 0 radical (unpaired) electrons. The number of hydrogen-bond acceptors (Lipinski definition) is 3. The lowest BCUT2D eigenvalue weighted by molar-refractivity contribution is -0.125. The molecular formula is C21H35N3O2. The van der Waals surface area contributed by atoms with Crippen LogP contribution in [0.3, 0.4) is 0 Å². The first-order valence-corrected chi connectivity index (χ1v) is 9.22. The summed E-state index contributed by atoms with van der Waals surface area (Å²) in [7, 11) is 1.77. The fraction of sp³-hybridized carbons (Fsp3) is 0.619. The number of hydrogen-bond donors (Lipinski definition) is 2. The standard InChI is InChI=1S/C21H35N3O2/c1-20(2,3)17-10-8-16(9-11-17)12-13-22-18(25)14-24(7)15-19(26)23-21(4,5)6/h8-11H,12-15H2,1-7H3,(H,22,25)(H,23,26). The van der Waals surface area contributed by atoms with Gasteiger partial charge in [-0.15, -0.1) is 0 Å². The highest BCUT2D eigenvalue weighted by atomic mass is 16.2. The van der Waals surface area contributed by atoms with E-state index in [4.69, 9.17) is 0 Å². The fourth-order valence-corrected chi connectivity index (χ4v) is 2.58. The van der Waals surface area contributed by atoms with E-state index in [1.807, 2.05) is 20.8 Å². The molecule has 1 rings (SSSR count). The summed E-state index contributed by atoms with van der Waals surface area (Å²) in [6.07, 6.45) is 0.796. The molecule has 26 heavy (non-hydrogen) atoms. The van der Waals surface area contributed by atoms with Crippen LogP contribution in [0.15, 0.2) is 24.3 Å². The van der Waals surface area contributed by atoms with E-state index in [2.05, 4.69) is 55.7 Å². The third kappa shape index (κ3) is 8.99. The zero-order valence-electron chi connectivity index (χ0n) is 17.4. The van der Waals surface area contributed by atoms with Crippen LogP contribution in [-0.2, 0) is 21.4 Å². The Labute approximate surface area is 158 Å². The molecule has 146 valence electrons. The van der Waals surface area contributed by atoms with Gasteiger partial charge in [-0.3, -0.25) is 14.5 Å². The monoisotopic (exact) mass is 361 g/mol. The van der Waals surface area contributed by atoms with Crippen molar-refractivity contribution in [3.63, 3.8) is 0 Å². The van der Waals surface area contributed by atoms with Crippen molar-refractivity contribution >= 4 is 11.8 Å². The largest absolute Gasteiger partial charge is 0.355 e. The Kier molecular flexibility index (Phi) is 7.82. The van der Waals surface area contributed by atoms with E-state index in [0.717, 1.165) is 6.42 Å². The van der Waals surface area contributed by atoms with Crippen molar-refractivity contribution in [2.24, 2.45) is 0 Å². The minimum Gasteiger partial charge on any atom is -0.355 e. The number of likely N-dealkylation sites (N-methyl/N-ethyl adjacent to an activating group) is 1. The predicted octanol–water partition coefficient (Wildman–Crippen LogP) is 2.49. The quantitative estimate of drug-likeness (QED) is 0.784. The first-order chi connectivity index (χ1) is 11.9. The van der Waals surface area contributed by atoms with Gasteiger partial charge in [-0.25, -0.2) is 0 Å². The SMILES string of the molecule is CN(CC(=O)NCCc1ccc(C(C)(C)C)cc1)CC(=O)NC(C)(C)C. The van der Waals surface area contributed by atoms with Crippen LogP contribution in [0, 0.1) is 0 Å². The maximum atomic E-state index is 12.0. The molecule has 0 aromatic heterocycles. The molecule has 1 aromatic carbocycles. The second-order valence-electron chi connectivity index (χ2n) is 9.02. The lowest BCUT2D eigenvalue weighted by Gasteiger charge is -2.23. The number of benzene rings is 1. The molecule has 0 aliphatic carbocycles. The summed E-state index contributed by atoms with van der Waals surface area (Å²) in [6.45, 7) is 13.4. The molecule has 1 aromatic rings. The van der Waals surface area contributed by atoms with Crippen molar-refractivity contribution < 1.29 is 9.59 Å². The second kappa shape index (κ2) is 9.17. The molecule has 2 amide bonds. The van der Waals surface area contributed by atoms with Crippen molar-refractivity contribution in [2.45, 2.75) is 58.9 Å². The maximum Gasteiger partial charge on any atom is 0.234 e. The van der Waals surface area contributed by atoms with Crippen molar-refractivity contribution in [3.05, 3.63) is 35.4 Å². The van der Waals surface area contributed by atoms with Gasteiger partial charge in [-0.2, -0.15) is 0 Å². The molecule has 2 N–H and O–H groups in total. The van der Waals surface area contributed by atoms with Crippen molar-refractivity contribution in [2.75, 3.05) is 26.7 Å². The third-order valence-electron chi connectivity index (χ3n) is 3.90. The molecule has 0 saturated heterocycles. The van der Waals surface area contributed by atoms with Crippen LogP contribution >= 0.6 is 0 Å². The Morgan fingerprint density at radius 1 is 0.923 bits per heavy atom. The third-order valence-corrected chi connectivity index (χ3v) is 3.90. The number of nitrogens with one attached hydrogen (secondary N) is 2. The van der Waals surface area contributed by atoms with Gasteiger partial charge in [0.2, 0.25) is 11.8 Å². The van der Waals surface area contributed by atoms with Crippen LogP contribution in [0.2, 0.25) is 0 Å². The summed E-state index contributed by atoms with van der Waals surface area (Å²) in [6, 6.07) is 8.54. The Bertz CT molecular complexity index is 595. The Hall–Kier alpha value is -1.88. The maximum absolute atomic E-state index is 12.0. The minimum atomic E-state index is -0.261. The van der Waals surface area contributed by atoms with Crippen LogP contribution in [0.1, 0.15) is 52.7 Å². The van der Waals surface area contributed by atoms with Gasteiger partial charge >= 0.3 is 0 Å². The summed E-state index contributed by atoms with van der Waals surface area (Å²) in [5.41, 5.74) is 2.40. The highest BCUT2D eigenvalue weighted by Crippen LogP contribution is 2.22. The lowest BCUT2D eigenvalue weighted by Crippen LogP contribution is -2.46. The van der Waals surface area contributed by atoms with Crippen molar-refractivity contribution in [1.82, 2.24) is 15.5 Å². The topological polar surface area (TPSA) is 61.4 Å². The summed E-state index contributed by atoms with van der Waals surface area (Å²) in [5, 5.41) is 5.81. The predicted molar refractivity (Wildman–Crippen MR) is 107 cm³/mol. The molecule has 0 aliphatic heterocycles. The first kappa shape index (κ1) is 22.2. The Morgan fingerprint density at radius 2 is 1.46 bits per heavy atom. The number of carbonyl (C=O) groups excluding carboxylic acids is 2. The molecule has 0 atom stereocenters. The van der Waals surface area contributed by atoms with E-state index in [-0.39, 0.29) is 35.9 Å². The number of carbonyl (C=O) groups is 2. The van der Waals surface area contributed by atoms with E-state index in [1.54, 1.807) is 11.9 Å². The van der Waals surface area contributed by atoms with Gasteiger partial charge in [-0.1, -0.05) is 45.0 Å². The highest BCUT2D eigenvalue weighted by Gasteiger charge is 2.16. The minimum absolute atomic E-state index is 0.0672. The van der Waals surface area contributed by atoms with Gasteiger partial charge in [0.05, 0.1) is 13.1 Å². The average Bonchev–Trinajstić information content (AvgIpc) is 2.44. The first-order valence-electron chi connectivity index (χ1n) is 9.22. The van der Waals surface area contributed by atoms with Crippen LogP contribution in [0.4, 0.5) is 0 Å². The highest BCUT2D eigenvalue weighted by molar-refractivity contribution is 5.81. The van der Waals surface area contributed by atoms with Crippen LogP contribution < -0.4 is 10.6 Å². The van der Waals surface area contributed by atoms with Gasteiger partial charge in [0.1, 0.15) is 0 Å². The van der Waals surface area contributed by atoms with Gasteiger partial charge in [0, 0.05) is 12.1 Å². The lowest BCUT2D eigenvalue weighted by atomic mass is 9.86. The molecule has 5 heteroatoms. The smallest absolute Gasteiger partial charge is 0.234 e. The molecule has 0 aliphatic rings. The van der Waals surface area contributed by atoms with Gasteiger partial charge in [0.15, 0.2) is 0 Å². The molecule has 5 nitrogen and oxygen atoms in total. The summed E-state index contributed by atoms with van der Waals surface area (Å²) in [4.78, 5) is 25.6. The Morgan fingerprint density at radius 3 is 1.96 bits per heavy atom. The van der Waals surface area contributed by atoms with Gasteiger partial charge < -0.3 is 10.6 Å². The summed E-state index contributed by atoms with van der Waals surface area (Å²) in [5.74, 6) is -0.144. The van der Waals surface area contributed by atoms with Gasteiger partial charge in [-0.05, 0) is 50.8 Å². The molecule has 0 spiro atoms. The molecule has 0 fully saturated rings. The van der Waals surface area contributed by atoms with E-state index in [1.165, 1.54) is 11.1 Å². The Balaban J connectivity index is 2.33. The molecule has 0 heterocycles. The normalized spacial score (nSPS) is 12.2. The second-order valence-corrected chi connectivity index (χ2v) is 9.02. The zero-order valence-corrected chi connectivity index (χ0v) is 17.4. The average molecular weight is 362 g/mol. The van der Waals surface area contributed by atoms with E-state index >= 15 is 0 Å². The molecular weight excluding hydrogens is 326 g/mol. The number of nitrogens with zero attached hydrogens (tertiary/aromatic N) is 1. The van der Waals surface area contributed by atoms with E-state index < -0.39 is 0 Å². The van der Waals surface area contributed by atoms with Crippen molar-refractivity contribution in [1.29, 1.82) is 0 Å². The van der Waals surface area contributed by atoms with E-state index in [0.29, 0.717) is 6.54 Å². The zero-order chi connectivity index (χ0) is 20.0. The fourth-order valence-electron chi connectivity index (χ4n) is 2.58. The van der Waals surface area contributed by atoms with Crippen LogP contribution in [-0.4, -0.2) is 48.9 Å². The molecule has 0 bridgehead atoms. The van der Waals surface area contributed by atoms with Crippen molar-refractivity contribution in [3.8, 4) is 0 Å². The summed E-state index contributed by atoms with van der Waals surface area (Å²) >= 11 is 0. The van der Waals surface area contributed by atoms with E-state index in [9.17, 15) is 9.59 Å². The van der Waals surface area contributed by atoms with Gasteiger partial charge in [0.25, 0.3) is 0 Å².